The maximum absolute atomic E-state index is 12.9. The molecule has 0 saturated carbocycles. The standard InChI is InChI=1S/C26H33N7O/c1-20(2)16-28-24-23(25(34)29-17-22-10-6-7-11-27-22)18-30-26(31-24)33-14-12-32(13-15-33)19-21-8-4-3-5-9-21/h3-11,18,20H,12-17,19H2,1-2H3,(H,29,34)(H,28,30,31). The summed E-state index contributed by atoms with van der Waals surface area (Å²) in [4.78, 5) is 31.1. The number of carbonyl (C=O) groups is 1. The Balaban J connectivity index is 1.41. The summed E-state index contributed by atoms with van der Waals surface area (Å²) < 4.78 is 0. The van der Waals surface area contributed by atoms with Crippen LogP contribution < -0.4 is 15.5 Å². The lowest BCUT2D eigenvalue weighted by molar-refractivity contribution is 0.0950. The molecule has 3 aromatic rings. The minimum Gasteiger partial charge on any atom is -0.369 e. The van der Waals surface area contributed by atoms with Gasteiger partial charge in [-0.1, -0.05) is 50.2 Å². The van der Waals surface area contributed by atoms with Crippen LogP contribution in [0.15, 0.2) is 60.9 Å². The molecule has 1 aliphatic heterocycles. The molecule has 1 aromatic carbocycles. The van der Waals surface area contributed by atoms with E-state index in [0.29, 0.717) is 29.8 Å². The molecule has 1 amide bonds. The van der Waals surface area contributed by atoms with Gasteiger partial charge in [-0.15, -0.1) is 0 Å². The fourth-order valence-electron chi connectivity index (χ4n) is 3.84. The molecule has 8 nitrogen and oxygen atoms in total. The highest BCUT2D eigenvalue weighted by Gasteiger charge is 2.22. The number of piperazine rings is 1. The van der Waals surface area contributed by atoms with Gasteiger partial charge in [0.15, 0.2) is 0 Å². The van der Waals surface area contributed by atoms with E-state index >= 15 is 0 Å². The fraction of sp³-hybridized carbons (Fsp3) is 0.385. The van der Waals surface area contributed by atoms with Gasteiger partial charge in [0.05, 0.1) is 12.2 Å². The summed E-state index contributed by atoms with van der Waals surface area (Å²) in [6.45, 7) is 9.87. The second kappa shape index (κ2) is 11.6. The highest BCUT2D eigenvalue weighted by molar-refractivity contribution is 5.98. The first kappa shape index (κ1) is 23.6. The number of anilines is 2. The number of hydrogen-bond acceptors (Lipinski definition) is 7. The second-order valence-electron chi connectivity index (χ2n) is 8.96. The van der Waals surface area contributed by atoms with Crippen molar-refractivity contribution in [2.24, 2.45) is 5.92 Å². The molecule has 0 aliphatic carbocycles. The van der Waals surface area contributed by atoms with Crippen LogP contribution in [0.1, 0.15) is 35.5 Å². The van der Waals surface area contributed by atoms with Crippen LogP contribution in [0, 0.1) is 5.92 Å². The van der Waals surface area contributed by atoms with Gasteiger partial charge >= 0.3 is 0 Å². The lowest BCUT2D eigenvalue weighted by Crippen LogP contribution is -2.46. The zero-order chi connectivity index (χ0) is 23.8. The molecule has 2 aromatic heterocycles. The molecule has 0 radical (unpaired) electrons. The van der Waals surface area contributed by atoms with Crippen LogP contribution in [0.4, 0.5) is 11.8 Å². The molecular formula is C26H33N7O. The Labute approximate surface area is 201 Å². The molecule has 0 unspecified atom stereocenters. The highest BCUT2D eigenvalue weighted by Crippen LogP contribution is 2.19. The van der Waals surface area contributed by atoms with E-state index in [1.165, 1.54) is 5.56 Å². The summed E-state index contributed by atoms with van der Waals surface area (Å²) >= 11 is 0. The van der Waals surface area contributed by atoms with Crippen LogP contribution in [0.25, 0.3) is 0 Å². The fourth-order valence-corrected chi connectivity index (χ4v) is 3.84. The Hall–Kier alpha value is -3.52. The van der Waals surface area contributed by atoms with Crippen molar-refractivity contribution in [2.45, 2.75) is 26.9 Å². The van der Waals surface area contributed by atoms with Crippen molar-refractivity contribution in [2.75, 3.05) is 42.9 Å². The largest absolute Gasteiger partial charge is 0.369 e. The molecule has 34 heavy (non-hydrogen) atoms. The summed E-state index contributed by atoms with van der Waals surface area (Å²) in [6.07, 6.45) is 3.35. The van der Waals surface area contributed by atoms with Crippen LogP contribution >= 0.6 is 0 Å². The third-order valence-electron chi connectivity index (χ3n) is 5.76. The van der Waals surface area contributed by atoms with Gasteiger partial charge in [0.25, 0.3) is 5.91 Å². The molecule has 1 fully saturated rings. The van der Waals surface area contributed by atoms with Crippen LogP contribution in [0.3, 0.4) is 0 Å². The Morgan fingerprint density at radius 1 is 1.00 bits per heavy atom. The topological polar surface area (TPSA) is 86.3 Å². The Bertz CT molecular complexity index is 1050. The van der Waals surface area contributed by atoms with Gasteiger partial charge in [0.1, 0.15) is 11.4 Å². The normalized spacial score (nSPS) is 14.3. The van der Waals surface area contributed by atoms with Gasteiger partial charge in [0, 0.05) is 51.7 Å². The molecular weight excluding hydrogens is 426 g/mol. The Morgan fingerprint density at radius 3 is 2.47 bits per heavy atom. The predicted molar refractivity (Wildman–Crippen MR) is 135 cm³/mol. The van der Waals surface area contributed by atoms with Crippen LogP contribution in [0.5, 0.6) is 0 Å². The molecule has 4 rings (SSSR count). The molecule has 0 bridgehead atoms. The van der Waals surface area contributed by atoms with Crippen molar-refractivity contribution in [3.8, 4) is 0 Å². The van der Waals surface area contributed by atoms with Crippen molar-refractivity contribution >= 4 is 17.7 Å². The second-order valence-corrected chi connectivity index (χ2v) is 8.96. The van der Waals surface area contributed by atoms with E-state index in [-0.39, 0.29) is 5.91 Å². The van der Waals surface area contributed by atoms with Crippen molar-refractivity contribution in [3.05, 3.63) is 77.7 Å². The van der Waals surface area contributed by atoms with E-state index in [2.05, 4.69) is 68.5 Å². The monoisotopic (exact) mass is 459 g/mol. The van der Waals surface area contributed by atoms with Gasteiger partial charge in [-0.3, -0.25) is 14.7 Å². The lowest BCUT2D eigenvalue weighted by Gasteiger charge is -2.35. The van der Waals surface area contributed by atoms with Gasteiger partial charge in [0.2, 0.25) is 5.95 Å². The first-order chi connectivity index (χ1) is 16.6. The predicted octanol–water partition coefficient (Wildman–Crippen LogP) is 3.19. The lowest BCUT2D eigenvalue weighted by atomic mass is 10.2. The number of hydrogen-bond donors (Lipinski definition) is 2. The third-order valence-corrected chi connectivity index (χ3v) is 5.76. The van der Waals surface area contributed by atoms with E-state index in [9.17, 15) is 4.79 Å². The molecule has 0 spiro atoms. The zero-order valence-electron chi connectivity index (χ0n) is 19.9. The SMILES string of the molecule is CC(C)CNc1nc(N2CCN(Cc3ccccc3)CC2)ncc1C(=O)NCc1ccccn1. The van der Waals surface area contributed by atoms with Gasteiger partial charge in [-0.25, -0.2) is 4.98 Å². The van der Waals surface area contributed by atoms with E-state index in [0.717, 1.165) is 45.0 Å². The van der Waals surface area contributed by atoms with E-state index in [1.54, 1.807) is 12.4 Å². The van der Waals surface area contributed by atoms with E-state index < -0.39 is 0 Å². The Kier molecular flexibility index (Phi) is 8.04. The van der Waals surface area contributed by atoms with Gasteiger partial charge in [-0.05, 0) is 23.6 Å². The first-order valence-electron chi connectivity index (χ1n) is 11.9. The molecule has 1 saturated heterocycles. The Morgan fingerprint density at radius 2 is 1.76 bits per heavy atom. The summed E-state index contributed by atoms with van der Waals surface area (Å²) in [5.41, 5.74) is 2.58. The number of aromatic nitrogens is 3. The van der Waals surface area contributed by atoms with Crippen molar-refractivity contribution < 1.29 is 4.79 Å². The molecule has 0 atom stereocenters. The molecule has 2 N–H and O–H groups in total. The van der Waals surface area contributed by atoms with Crippen LogP contribution in [-0.4, -0.2) is 58.5 Å². The number of carbonyl (C=O) groups excluding carboxylic acids is 1. The first-order valence-corrected chi connectivity index (χ1v) is 11.9. The van der Waals surface area contributed by atoms with Crippen molar-refractivity contribution in [3.63, 3.8) is 0 Å². The van der Waals surface area contributed by atoms with E-state index in [4.69, 9.17) is 4.98 Å². The highest BCUT2D eigenvalue weighted by atomic mass is 16.1. The summed E-state index contributed by atoms with van der Waals surface area (Å²) in [5, 5.41) is 6.28. The number of nitrogens with zero attached hydrogens (tertiary/aromatic N) is 5. The third kappa shape index (κ3) is 6.51. The smallest absolute Gasteiger partial charge is 0.256 e. The molecule has 3 heterocycles. The van der Waals surface area contributed by atoms with E-state index in [1.807, 2.05) is 24.3 Å². The molecule has 8 heteroatoms. The molecule has 178 valence electrons. The number of pyridine rings is 1. The average Bonchev–Trinajstić information content (AvgIpc) is 2.87. The van der Waals surface area contributed by atoms with Crippen LogP contribution in [-0.2, 0) is 13.1 Å². The summed E-state index contributed by atoms with van der Waals surface area (Å²) in [5.74, 6) is 1.44. The van der Waals surface area contributed by atoms with Gasteiger partial charge < -0.3 is 15.5 Å². The molecule has 1 aliphatic rings. The summed E-state index contributed by atoms with van der Waals surface area (Å²) in [7, 11) is 0. The van der Waals surface area contributed by atoms with Crippen molar-refractivity contribution in [1.29, 1.82) is 0 Å². The summed E-state index contributed by atoms with van der Waals surface area (Å²) in [6, 6.07) is 16.2. The van der Waals surface area contributed by atoms with Gasteiger partial charge in [-0.2, -0.15) is 4.98 Å². The van der Waals surface area contributed by atoms with Crippen LogP contribution in [0.2, 0.25) is 0 Å². The van der Waals surface area contributed by atoms with Crippen molar-refractivity contribution in [1.82, 2.24) is 25.2 Å². The minimum atomic E-state index is -0.212. The zero-order valence-corrected chi connectivity index (χ0v) is 19.9. The number of amides is 1. The average molecular weight is 460 g/mol. The maximum atomic E-state index is 12.9. The number of rotatable bonds is 9. The maximum Gasteiger partial charge on any atom is 0.256 e. The number of benzene rings is 1. The number of nitrogens with one attached hydrogen (secondary N) is 2. The minimum absolute atomic E-state index is 0.212. The quantitative estimate of drug-likeness (QED) is 0.508.